The maximum absolute atomic E-state index is 5.72. The molecule has 2 rings (SSSR count). The van der Waals surface area contributed by atoms with Crippen LogP contribution in [0.2, 0.25) is 0 Å². The van der Waals surface area contributed by atoms with E-state index in [-0.39, 0.29) is 5.41 Å². The molecule has 4 heteroatoms. The minimum absolute atomic E-state index is 0.209. The molecule has 0 saturated heterocycles. The van der Waals surface area contributed by atoms with Gasteiger partial charge in [0.05, 0.1) is 0 Å². The van der Waals surface area contributed by atoms with E-state index in [1.165, 1.54) is 5.56 Å². The number of nitrogens with two attached hydrogens (primary N) is 1. The first-order valence-electron chi connectivity index (χ1n) is 6.77. The van der Waals surface area contributed by atoms with Crippen molar-refractivity contribution < 1.29 is 4.42 Å². The van der Waals surface area contributed by atoms with Crippen LogP contribution in [0.5, 0.6) is 0 Å². The highest BCUT2D eigenvalue weighted by molar-refractivity contribution is 5.73. The van der Waals surface area contributed by atoms with Crippen molar-refractivity contribution in [2.24, 2.45) is 11.1 Å². The number of aryl methyl sites for hydroxylation is 1. The van der Waals surface area contributed by atoms with Gasteiger partial charge in [0, 0.05) is 13.5 Å². The smallest absolute Gasteiger partial charge is 0.192 e. The van der Waals surface area contributed by atoms with Crippen LogP contribution < -0.4 is 11.1 Å². The molecule has 0 atom stereocenters. The molecule has 1 aromatic carbocycles. The first-order valence-corrected chi connectivity index (χ1v) is 6.77. The van der Waals surface area contributed by atoms with E-state index in [9.17, 15) is 0 Å². The van der Waals surface area contributed by atoms with E-state index in [2.05, 4.69) is 36.3 Å². The van der Waals surface area contributed by atoms with E-state index >= 15 is 0 Å². The Morgan fingerprint density at radius 2 is 2.16 bits per heavy atom. The summed E-state index contributed by atoms with van der Waals surface area (Å²) in [7, 11) is 0. The Bertz CT molecular complexity index is 545. The van der Waals surface area contributed by atoms with Crippen molar-refractivity contribution in [3.63, 3.8) is 0 Å². The molecular formula is C15H23N3O. The number of nitrogens with zero attached hydrogens (tertiary/aromatic N) is 1. The Morgan fingerprint density at radius 3 is 2.89 bits per heavy atom. The lowest BCUT2D eigenvalue weighted by atomic mass is 9.90. The molecule has 4 nitrogen and oxygen atoms in total. The fourth-order valence-electron chi connectivity index (χ4n) is 1.96. The van der Waals surface area contributed by atoms with Crippen LogP contribution in [0.3, 0.4) is 0 Å². The third kappa shape index (κ3) is 3.78. The van der Waals surface area contributed by atoms with Gasteiger partial charge in [-0.3, -0.25) is 0 Å². The summed E-state index contributed by atoms with van der Waals surface area (Å²) < 4.78 is 5.46. The number of oxazole rings is 1. The second-order valence-electron chi connectivity index (χ2n) is 5.83. The van der Waals surface area contributed by atoms with E-state index < -0.39 is 0 Å². The number of rotatable bonds is 6. The summed E-state index contributed by atoms with van der Waals surface area (Å²) in [4.78, 5) is 4.34. The highest BCUT2D eigenvalue weighted by Crippen LogP contribution is 2.18. The molecule has 3 N–H and O–H groups in total. The summed E-state index contributed by atoms with van der Waals surface area (Å²) in [5.74, 6) is 0.713. The van der Waals surface area contributed by atoms with Gasteiger partial charge in [0.2, 0.25) is 0 Å². The summed E-state index contributed by atoms with van der Waals surface area (Å²) in [6.45, 7) is 8.80. The molecule has 104 valence electrons. The van der Waals surface area contributed by atoms with Gasteiger partial charge in [0.1, 0.15) is 5.52 Å². The van der Waals surface area contributed by atoms with Crippen LogP contribution in [0.4, 0.5) is 0 Å². The van der Waals surface area contributed by atoms with Gasteiger partial charge < -0.3 is 15.5 Å². The first-order chi connectivity index (χ1) is 9.00. The molecule has 1 aromatic heterocycles. The number of fused-ring (bicyclic) bond motifs is 1. The molecule has 0 fully saturated rings. The van der Waals surface area contributed by atoms with Crippen LogP contribution in [0.1, 0.15) is 31.7 Å². The van der Waals surface area contributed by atoms with Crippen molar-refractivity contribution in [3.05, 3.63) is 29.7 Å². The van der Waals surface area contributed by atoms with Crippen molar-refractivity contribution in [3.8, 4) is 0 Å². The van der Waals surface area contributed by atoms with Crippen LogP contribution in [0.25, 0.3) is 11.1 Å². The fraction of sp³-hybridized carbons (Fsp3) is 0.533. The molecule has 1 heterocycles. The van der Waals surface area contributed by atoms with Crippen molar-refractivity contribution in [2.45, 2.75) is 33.7 Å². The lowest BCUT2D eigenvalue weighted by Crippen LogP contribution is -2.28. The average molecular weight is 261 g/mol. The lowest BCUT2D eigenvalue weighted by Gasteiger charge is -2.22. The predicted molar refractivity (Wildman–Crippen MR) is 77.9 cm³/mol. The Hall–Kier alpha value is -1.39. The number of hydrogen-bond donors (Lipinski definition) is 2. The summed E-state index contributed by atoms with van der Waals surface area (Å²) in [5.41, 5.74) is 8.94. The van der Waals surface area contributed by atoms with Gasteiger partial charge in [-0.15, -0.1) is 0 Å². The topological polar surface area (TPSA) is 64.1 Å². The second-order valence-corrected chi connectivity index (χ2v) is 5.83. The van der Waals surface area contributed by atoms with E-state index in [0.29, 0.717) is 5.89 Å². The average Bonchev–Trinajstić information content (AvgIpc) is 2.74. The SMILES string of the molecule is Cc1nc2cc(CNCCC(C)(C)CN)ccc2o1. The zero-order valence-corrected chi connectivity index (χ0v) is 12.0. The Balaban J connectivity index is 1.88. The zero-order valence-electron chi connectivity index (χ0n) is 12.0. The third-order valence-electron chi connectivity index (χ3n) is 3.42. The van der Waals surface area contributed by atoms with Gasteiger partial charge in [0.25, 0.3) is 0 Å². The molecule has 0 aliphatic carbocycles. The number of benzene rings is 1. The minimum atomic E-state index is 0.209. The monoisotopic (exact) mass is 261 g/mol. The summed E-state index contributed by atoms with van der Waals surface area (Å²) in [6.07, 6.45) is 1.08. The van der Waals surface area contributed by atoms with Crippen molar-refractivity contribution in [1.29, 1.82) is 0 Å². The standard InChI is InChI=1S/C15H23N3O/c1-11-18-13-8-12(4-5-14(13)19-11)9-17-7-6-15(2,3)10-16/h4-5,8,17H,6-7,9-10,16H2,1-3H3. The van der Waals surface area contributed by atoms with Gasteiger partial charge in [-0.2, -0.15) is 0 Å². The van der Waals surface area contributed by atoms with Crippen LogP contribution in [-0.4, -0.2) is 18.1 Å². The largest absolute Gasteiger partial charge is 0.441 e. The molecule has 0 bridgehead atoms. The Labute approximate surface area is 114 Å². The van der Waals surface area contributed by atoms with Crippen LogP contribution in [-0.2, 0) is 6.54 Å². The van der Waals surface area contributed by atoms with E-state index in [0.717, 1.165) is 37.2 Å². The van der Waals surface area contributed by atoms with E-state index in [4.69, 9.17) is 10.2 Å². The van der Waals surface area contributed by atoms with Crippen molar-refractivity contribution in [2.75, 3.05) is 13.1 Å². The van der Waals surface area contributed by atoms with Crippen LogP contribution in [0.15, 0.2) is 22.6 Å². The second kappa shape index (κ2) is 5.72. The predicted octanol–water partition coefficient (Wildman–Crippen LogP) is 2.60. The first kappa shape index (κ1) is 14.0. The summed E-state index contributed by atoms with van der Waals surface area (Å²) >= 11 is 0. The lowest BCUT2D eigenvalue weighted by molar-refractivity contribution is 0.339. The molecule has 0 saturated carbocycles. The van der Waals surface area contributed by atoms with Crippen LogP contribution in [0, 0.1) is 12.3 Å². The molecule has 0 aliphatic rings. The van der Waals surface area contributed by atoms with Gasteiger partial charge in [-0.25, -0.2) is 4.98 Å². The molecular weight excluding hydrogens is 238 g/mol. The maximum atomic E-state index is 5.72. The minimum Gasteiger partial charge on any atom is -0.441 e. The highest BCUT2D eigenvalue weighted by Gasteiger charge is 2.14. The van der Waals surface area contributed by atoms with Gasteiger partial charge >= 0.3 is 0 Å². The van der Waals surface area contributed by atoms with Crippen LogP contribution >= 0.6 is 0 Å². The quantitative estimate of drug-likeness (QED) is 0.785. The Morgan fingerprint density at radius 1 is 1.37 bits per heavy atom. The Kier molecular flexibility index (Phi) is 4.22. The molecule has 19 heavy (non-hydrogen) atoms. The normalized spacial score (nSPS) is 12.2. The number of nitrogens with one attached hydrogen (secondary N) is 1. The highest BCUT2D eigenvalue weighted by atomic mass is 16.3. The fourth-order valence-corrected chi connectivity index (χ4v) is 1.96. The number of hydrogen-bond acceptors (Lipinski definition) is 4. The molecule has 0 aliphatic heterocycles. The maximum Gasteiger partial charge on any atom is 0.192 e. The van der Waals surface area contributed by atoms with Crippen molar-refractivity contribution in [1.82, 2.24) is 10.3 Å². The van der Waals surface area contributed by atoms with Gasteiger partial charge in [-0.1, -0.05) is 19.9 Å². The number of aromatic nitrogens is 1. The molecule has 0 radical (unpaired) electrons. The molecule has 0 unspecified atom stereocenters. The van der Waals surface area contributed by atoms with Gasteiger partial charge in [0.15, 0.2) is 11.5 Å². The van der Waals surface area contributed by atoms with Gasteiger partial charge in [-0.05, 0) is 42.6 Å². The zero-order chi connectivity index (χ0) is 13.9. The summed E-state index contributed by atoms with van der Waals surface area (Å²) in [5, 5.41) is 3.45. The van der Waals surface area contributed by atoms with E-state index in [1.807, 2.05) is 13.0 Å². The summed E-state index contributed by atoms with van der Waals surface area (Å²) in [6, 6.07) is 6.14. The molecule has 2 aromatic rings. The molecule has 0 spiro atoms. The van der Waals surface area contributed by atoms with Crippen molar-refractivity contribution >= 4 is 11.1 Å². The van der Waals surface area contributed by atoms with E-state index in [1.54, 1.807) is 0 Å². The third-order valence-corrected chi connectivity index (χ3v) is 3.42. The molecule has 0 amide bonds.